The minimum atomic E-state index is -1.30. The average Bonchev–Trinajstić information content (AvgIpc) is 2.87. The fraction of sp³-hybridized carbons (Fsp3) is 0.545. The first kappa shape index (κ1) is 33.8. The summed E-state index contributed by atoms with van der Waals surface area (Å²) >= 11 is 0. The molecule has 0 bridgehead atoms. The Morgan fingerprint density at radius 1 is 0.902 bits per heavy atom. The molecule has 0 aliphatic carbocycles. The molecular weight excluding hydrogens is 518 g/mol. The summed E-state index contributed by atoms with van der Waals surface area (Å²) in [5.41, 5.74) is 4.29. The Kier molecular flexibility index (Phi) is 11.9. The van der Waals surface area contributed by atoms with E-state index in [0.717, 1.165) is 28.7 Å². The monoisotopic (exact) mass is 567 g/mol. The minimum absolute atomic E-state index is 0.366. The number of hydrogen-bond donors (Lipinski definition) is 3. The van der Waals surface area contributed by atoms with Crippen molar-refractivity contribution in [2.24, 2.45) is 5.92 Å². The number of para-hydroxylation sites is 1. The van der Waals surface area contributed by atoms with Gasteiger partial charge in [-0.2, -0.15) is 0 Å². The van der Waals surface area contributed by atoms with Crippen LogP contribution in [0.15, 0.2) is 36.4 Å². The van der Waals surface area contributed by atoms with Crippen LogP contribution in [0.1, 0.15) is 88.2 Å². The molecule has 0 aromatic heterocycles. The van der Waals surface area contributed by atoms with Crippen molar-refractivity contribution in [3.05, 3.63) is 64.2 Å². The van der Waals surface area contributed by atoms with E-state index in [-0.39, 0.29) is 11.9 Å². The number of nitrogens with one attached hydrogen (secondary N) is 2. The van der Waals surface area contributed by atoms with Crippen molar-refractivity contribution in [2.45, 2.75) is 106 Å². The van der Waals surface area contributed by atoms with Crippen LogP contribution in [0, 0.1) is 33.6 Å². The Bertz CT molecular complexity index is 1200. The summed E-state index contributed by atoms with van der Waals surface area (Å²) < 4.78 is 5.36. The third-order valence-electron chi connectivity index (χ3n) is 7.26. The number of aliphatic hydroxyl groups excluding tert-OH is 1. The molecule has 3 unspecified atom stereocenters. The number of rotatable bonds is 11. The molecule has 3 atom stereocenters. The van der Waals surface area contributed by atoms with E-state index >= 15 is 0 Å². The summed E-state index contributed by atoms with van der Waals surface area (Å²) in [4.78, 5) is 42.8. The number of hydrogen-bond acceptors (Lipinski definition) is 5. The van der Waals surface area contributed by atoms with Gasteiger partial charge in [0.15, 0.2) is 0 Å². The van der Waals surface area contributed by atoms with Crippen molar-refractivity contribution in [2.75, 3.05) is 11.9 Å². The topological polar surface area (TPSA) is 108 Å². The number of aliphatic hydroxyl groups is 1. The smallest absolute Gasteiger partial charge is 0.408 e. The fourth-order valence-electron chi connectivity index (χ4n) is 4.82. The predicted octanol–water partition coefficient (Wildman–Crippen LogP) is 6.14. The second-order valence-corrected chi connectivity index (χ2v) is 12.4. The number of amides is 3. The summed E-state index contributed by atoms with van der Waals surface area (Å²) in [5.74, 6) is -0.544. The van der Waals surface area contributed by atoms with Gasteiger partial charge >= 0.3 is 6.09 Å². The average molecular weight is 568 g/mol. The van der Waals surface area contributed by atoms with Crippen LogP contribution in [0.2, 0.25) is 0 Å². The van der Waals surface area contributed by atoms with Crippen LogP contribution in [0.3, 0.4) is 0 Å². The number of alkyl carbamates (subject to hydrolysis) is 1. The van der Waals surface area contributed by atoms with Crippen LogP contribution in [0.4, 0.5) is 10.5 Å². The second-order valence-electron chi connectivity index (χ2n) is 12.4. The number of carbonyl (C=O) groups excluding carboxylic acids is 3. The lowest BCUT2D eigenvalue weighted by Gasteiger charge is -2.39. The molecule has 8 nitrogen and oxygen atoms in total. The van der Waals surface area contributed by atoms with E-state index in [1.165, 1.54) is 4.90 Å². The molecule has 226 valence electrons. The van der Waals surface area contributed by atoms with Crippen LogP contribution < -0.4 is 10.6 Å². The first-order valence-electron chi connectivity index (χ1n) is 14.4. The van der Waals surface area contributed by atoms with Crippen molar-refractivity contribution >= 4 is 23.6 Å². The van der Waals surface area contributed by atoms with Gasteiger partial charge in [-0.15, -0.1) is 0 Å². The van der Waals surface area contributed by atoms with Gasteiger partial charge in [-0.3, -0.25) is 9.59 Å². The summed E-state index contributed by atoms with van der Waals surface area (Å²) in [7, 11) is 0. The molecule has 8 heteroatoms. The summed E-state index contributed by atoms with van der Waals surface area (Å²) in [6.45, 7) is 18.4. The van der Waals surface area contributed by atoms with Crippen molar-refractivity contribution in [1.29, 1.82) is 0 Å². The van der Waals surface area contributed by atoms with E-state index in [1.807, 2.05) is 71.0 Å². The van der Waals surface area contributed by atoms with Crippen molar-refractivity contribution < 1.29 is 24.2 Å². The van der Waals surface area contributed by atoms with Gasteiger partial charge in [-0.25, -0.2) is 4.79 Å². The molecule has 0 radical (unpaired) electrons. The fourth-order valence-corrected chi connectivity index (χ4v) is 4.82. The summed E-state index contributed by atoms with van der Waals surface area (Å²) in [5, 5.41) is 15.9. The molecule has 2 aromatic rings. The van der Waals surface area contributed by atoms with E-state index in [9.17, 15) is 19.5 Å². The molecule has 3 amide bonds. The van der Waals surface area contributed by atoms with Crippen LogP contribution >= 0.6 is 0 Å². The van der Waals surface area contributed by atoms with Crippen LogP contribution in [0.5, 0.6) is 0 Å². The molecule has 0 aliphatic rings. The molecule has 0 saturated carbocycles. The first-order valence-corrected chi connectivity index (χ1v) is 14.4. The number of nitrogens with zero attached hydrogens (tertiary/aromatic N) is 1. The van der Waals surface area contributed by atoms with Gasteiger partial charge < -0.3 is 25.4 Å². The number of aryl methyl sites for hydroxylation is 3. The van der Waals surface area contributed by atoms with Crippen LogP contribution in [0.25, 0.3) is 0 Å². The molecule has 3 N–H and O–H groups in total. The molecule has 0 aliphatic heterocycles. The number of ether oxygens (including phenoxy) is 1. The highest BCUT2D eigenvalue weighted by molar-refractivity contribution is 6.00. The Labute approximate surface area is 245 Å². The van der Waals surface area contributed by atoms with E-state index in [0.29, 0.717) is 23.6 Å². The molecule has 0 saturated heterocycles. The Balaban J connectivity index is 2.68. The van der Waals surface area contributed by atoms with E-state index < -0.39 is 36.3 Å². The maximum Gasteiger partial charge on any atom is 0.408 e. The highest BCUT2D eigenvalue weighted by Gasteiger charge is 2.39. The zero-order chi connectivity index (χ0) is 31.1. The SMILES string of the molecule is Cc1cccc(C(C(=O)Nc2c(C)cccc2C)N(C(=O)C(CO)NC(=O)OC(C)(C)C)C(C)CCC(C)C)c1C. The first-order chi connectivity index (χ1) is 19.1. The van der Waals surface area contributed by atoms with Gasteiger partial charge in [0.2, 0.25) is 5.91 Å². The predicted molar refractivity (Wildman–Crippen MR) is 164 cm³/mol. The van der Waals surface area contributed by atoms with Crippen molar-refractivity contribution in [3.8, 4) is 0 Å². The number of benzene rings is 2. The zero-order valence-electron chi connectivity index (χ0n) is 26.4. The number of carbonyl (C=O) groups is 3. The highest BCUT2D eigenvalue weighted by Crippen LogP contribution is 2.32. The quantitative estimate of drug-likeness (QED) is 0.302. The van der Waals surface area contributed by atoms with E-state index in [2.05, 4.69) is 24.5 Å². The van der Waals surface area contributed by atoms with E-state index in [1.54, 1.807) is 20.8 Å². The van der Waals surface area contributed by atoms with Crippen LogP contribution in [-0.4, -0.2) is 52.2 Å². The molecule has 0 fully saturated rings. The van der Waals surface area contributed by atoms with Crippen molar-refractivity contribution in [3.63, 3.8) is 0 Å². The minimum Gasteiger partial charge on any atom is -0.444 e. The molecular formula is C33H49N3O5. The molecule has 2 aromatic carbocycles. The zero-order valence-corrected chi connectivity index (χ0v) is 26.4. The van der Waals surface area contributed by atoms with Crippen LogP contribution in [-0.2, 0) is 14.3 Å². The third kappa shape index (κ3) is 9.32. The van der Waals surface area contributed by atoms with Gasteiger partial charge in [0.1, 0.15) is 17.7 Å². The van der Waals surface area contributed by atoms with Gasteiger partial charge in [0.05, 0.1) is 6.61 Å². The van der Waals surface area contributed by atoms with E-state index in [4.69, 9.17) is 4.74 Å². The summed E-state index contributed by atoms with van der Waals surface area (Å²) in [6.07, 6.45) is 0.640. The van der Waals surface area contributed by atoms with Gasteiger partial charge in [-0.05, 0) is 102 Å². The largest absolute Gasteiger partial charge is 0.444 e. The molecule has 41 heavy (non-hydrogen) atoms. The normalized spacial score (nSPS) is 13.8. The van der Waals surface area contributed by atoms with Gasteiger partial charge in [0, 0.05) is 11.7 Å². The Hall–Kier alpha value is -3.39. The van der Waals surface area contributed by atoms with Gasteiger partial charge in [0.25, 0.3) is 5.91 Å². The summed E-state index contributed by atoms with van der Waals surface area (Å²) in [6, 6.07) is 8.79. The van der Waals surface area contributed by atoms with Gasteiger partial charge in [-0.1, -0.05) is 50.2 Å². The Morgan fingerprint density at radius 3 is 2.00 bits per heavy atom. The lowest BCUT2D eigenvalue weighted by molar-refractivity contribution is -0.144. The maximum absolute atomic E-state index is 14.3. The van der Waals surface area contributed by atoms with Crippen molar-refractivity contribution in [1.82, 2.24) is 10.2 Å². The lowest BCUT2D eigenvalue weighted by Crippen LogP contribution is -2.56. The highest BCUT2D eigenvalue weighted by atomic mass is 16.6. The standard InChI is InChI=1S/C33H49N3O5/c1-20(2)17-18-24(6)36(31(39)27(19-37)34-32(40)41-33(8,9)10)29(26-16-12-13-21(3)25(26)7)30(38)35-28-22(4)14-11-15-23(28)5/h11-16,20,24,27,29,37H,17-19H2,1-10H3,(H,34,40)(H,35,38). The number of anilines is 1. The Morgan fingerprint density at radius 2 is 1.46 bits per heavy atom. The lowest BCUT2D eigenvalue weighted by atomic mass is 9.92. The third-order valence-corrected chi connectivity index (χ3v) is 7.26. The molecule has 2 rings (SSSR count). The second kappa shape index (κ2) is 14.5. The molecule has 0 heterocycles. The maximum atomic E-state index is 14.3. The molecule has 0 spiro atoms.